The Morgan fingerprint density at radius 1 is 1.43 bits per heavy atom. The van der Waals surface area contributed by atoms with Crippen molar-refractivity contribution in [2.45, 2.75) is 20.4 Å². The molecule has 2 aromatic rings. The predicted molar refractivity (Wildman–Crippen MR) is 57.4 cm³/mol. The van der Waals surface area contributed by atoms with E-state index in [1.807, 2.05) is 14.0 Å². The van der Waals surface area contributed by atoms with Crippen molar-refractivity contribution in [3.63, 3.8) is 0 Å². The third-order valence-electron chi connectivity index (χ3n) is 2.40. The van der Waals surface area contributed by atoms with Crippen molar-refractivity contribution in [2.75, 3.05) is 7.05 Å². The van der Waals surface area contributed by atoms with Gasteiger partial charge in [-0.15, -0.1) is 0 Å². The first kappa shape index (κ1) is 9.21. The molecule has 74 valence electrons. The zero-order valence-electron chi connectivity index (χ0n) is 8.83. The Morgan fingerprint density at radius 3 is 2.93 bits per heavy atom. The Labute approximate surface area is 83.8 Å². The molecular weight excluding hydrogens is 174 g/mol. The van der Waals surface area contributed by atoms with Gasteiger partial charge in [0.15, 0.2) is 0 Å². The average molecular weight is 189 g/mol. The number of imidazole rings is 1. The van der Waals surface area contributed by atoms with Crippen LogP contribution in [0.4, 0.5) is 0 Å². The lowest BCUT2D eigenvalue weighted by Gasteiger charge is -1.99. The number of nitrogens with zero attached hydrogens (tertiary/aromatic N) is 2. The van der Waals surface area contributed by atoms with Crippen molar-refractivity contribution in [1.29, 1.82) is 0 Å². The molecule has 2 heterocycles. The standard InChI is InChI=1S/C11H15N3/c1-8-4-5-14-9(2)13-10(7-12-3)11(14)6-8/h4-6,12H,7H2,1-3H3. The molecule has 0 aliphatic rings. The molecule has 3 heteroatoms. The highest BCUT2D eigenvalue weighted by Gasteiger charge is 2.06. The fourth-order valence-electron chi connectivity index (χ4n) is 1.71. The largest absolute Gasteiger partial charge is 0.314 e. The molecule has 0 amide bonds. The molecule has 0 aliphatic carbocycles. The van der Waals surface area contributed by atoms with Gasteiger partial charge in [0.2, 0.25) is 0 Å². The summed E-state index contributed by atoms with van der Waals surface area (Å²) in [7, 11) is 1.94. The summed E-state index contributed by atoms with van der Waals surface area (Å²) in [4.78, 5) is 4.52. The smallest absolute Gasteiger partial charge is 0.110 e. The van der Waals surface area contributed by atoms with Crippen molar-refractivity contribution in [2.24, 2.45) is 0 Å². The topological polar surface area (TPSA) is 29.3 Å². The maximum absolute atomic E-state index is 4.52. The molecule has 0 atom stereocenters. The van der Waals surface area contributed by atoms with Gasteiger partial charge in [0, 0.05) is 12.7 Å². The van der Waals surface area contributed by atoms with Crippen molar-refractivity contribution in [1.82, 2.24) is 14.7 Å². The minimum Gasteiger partial charge on any atom is -0.314 e. The summed E-state index contributed by atoms with van der Waals surface area (Å²) in [6, 6.07) is 4.28. The highest BCUT2D eigenvalue weighted by atomic mass is 15.0. The average Bonchev–Trinajstić information content (AvgIpc) is 2.44. The summed E-state index contributed by atoms with van der Waals surface area (Å²) < 4.78 is 2.12. The van der Waals surface area contributed by atoms with E-state index < -0.39 is 0 Å². The van der Waals surface area contributed by atoms with Gasteiger partial charge in [-0.25, -0.2) is 4.98 Å². The molecule has 0 saturated heterocycles. The number of aromatic nitrogens is 2. The Balaban J connectivity index is 2.66. The van der Waals surface area contributed by atoms with Crippen LogP contribution in [0, 0.1) is 13.8 Å². The molecular formula is C11H15N3. The minimum absolute atomic E-state index is 0.820. The van der Waals surface area contributed by atoms with Gasteiger partial charge in [-0.1, -0.05) is 0 Å². The third kappa shape index (κ3) is 1.40. The van der Waals surface area contributed by atoms with Crippen molar-refractivity contribution < 1.29 is 0 Å². The maximum Gasteiger partial charge on any atom is 0.110 e. The van der Waals surface area contributed by atoms with Gasteiger partial charge in [-0.2, -0.15) is 0 Å². The van der Waals surface area contributed by atoms with Gasteiger partial charge in [0.05, 0.1) is 11.2 Å². The first-order chi connectivity index (χ1) is 6.72. The quantitative estimate of drug-likeness (QED) is 0.778. The normalized spacial score (nSPS) is 11.1. The second kappa shape index (κ2) is 3.42. The van der Waals surface area contributed by atoms with Gasteiger partial charge in [-0.05, 0) is 38.6 Å². The molecule has 0 radical (unpaired) electrons. The summed E-state index contributed by atoms with van der Waals surface area (Å²) in [5.41, 5.74) is 3.60. The third-order valence-corrected chi connectivity index (χ3v) is 2.40. The van der Waals surface area contributed by atoms with Crippen molar-refractivity contribution in [3.05, 3.63) is 35.4 Å². The molecule has 0 spiro atoms. The Morgan fingerprint density at radius 2 is 2.21 bits per heavy atom. The van der Waals surface area contributed by atoms with Gasteiger partial charge in [-0.3, -0.25) is 0 Å². The number of hydrogen-bond donors (Lipinski definition) is 1. The van der Waals surface area contributed by atoms with Crippen LogP contribution in [0.15, 0.2) is 18.3 Å². The molecule has 0 aliphatic heterocycles. The number of rotatable bonds is 2. The van der Waals surface area contributed by atoms with Crippen LogP contribution in [-0.2, 0) is 6.54 Å². The molecule has 0 bridgehead atoms. The van der Waals surface area contributed by atoms with E-state index in [0.29, 0.717) is 0 Å². The fourth-order valence-corrected chi connectivity index (χ4v) is 1.71. The molecule has 0 aromatic carbocycles. The molecule has 2 aromatic heterocycles. The number of hydrogen-bond acceptors (Lipinski definition) is 2. The zero-order valence-corrected chi connectivity index (χ0v) is 8.83. The summed E-state index contributed by atoms with van der Waals surface area (Å²) in [5.74, 6) is 1.05. The molecule has 1 N–H and O–H groups in total. The van der Waals surface area contributed by atoms with Gasteiger partial charge < -0.3 is 9.72 Å². The fraction of sp³-hybridized carbons (Fsp3) is 0.364. The second-order valence-corrected chi connectivity index (χ2v) is 3.60. The minimum atomic E-state index is 0.820. The number of fused-ring (bicyclic) bond motifs is 1. The van der Waals surface area contributed by atoms with Crippen LogP contribution in [0.25, 0.3) is 5.52 Å². The molecule has 0 unspecified atom stereocenters. The number of aryl methyl sites for hydroxylation is 2. The van der Waals surface area contributed by atoms with Crippen LogP contribution < -0.4 is 5.32 Å². The molecule has 0 saturated carbocycles. The first-order valence-electron chi connectivity index (χ1n) is 4.81. The van der Waals surface area contributed by atoms with Crippen LogP contribution in [-0.4, -0.2) is 16.4 Å². The monoisotopic (exact) mass is 189 g/mol. The van der Waals surface area contributed by atoms with E-state index >= 15 is 0 Å². The summed E-state index contributed by atoms with van der Waals surface area (Å²) in [6.45, 7) is 4.95. The van der Waals surface area contributed by atoms with Crippen LogP contribution in [0.5, 0.6) is 0 Å². The first-order valence-corrected chi connectivity index (χ1v) is 4.81. The highest BCUT2D eigenvalue weighted by molar-refractivity contribution is 5.54. The van der Waals surface area contributed by atoms with E-state index in [0.717, 1.165) is 18.1 Å². The zero-order chi connectivity index (χ0) is 10.1. The Bertz CT molecular complexity index is 457. The molecule has 14 heavy (non-hydrogen) atoms. The maximum atomic E-state index is 4.52. The molecule has 0 fully saturated rings. The SMILES string of the molecule is CNCc1nc(C)n2ccc(C)cc12. The lowest BCUT2D eigenvalue weighted by molar-refractivity contribution is 0.800. The molecule has 2 rings (SSSR count). The Hall–Kier alpha value is -1.35. The van der Waals surface area contributed by atoms with Crippen LogP contribution in [0.2, 0.25) is 0 Å². The van der Waals surface area contributed by atoms with Crippen molar-refractivity contribution in [3.8, 4) is 0 Å². The summed E-state index contributed by atoms with van der Waals surface area (Å²) >= 11 is 0. The van der Waals surface area contributed by atoms with Gasteiger partial charge >= 0.3 is 0 Å². The van der Waals surface area contributed by atoms with E-state index in [9.17, 15) is 0 Å². The Kier molecular flexibility index (Phi) is 2.25. The lowest BCUT2D eigenvalue weighted by atomic mass is 10.2. The van der Waals surface area contributed by atoms with E-state index in [1.165, 1.54) is 11.1 Å². The van der Waals surface area contributed by atoms with Gasteiger partial charge in [0.25, 0.3) is 0 Å². The van der Waals surface area contributed by atoms with Gasteiger partial charge in [0.1, 0.15) is 5.82 Å². The summed E-state index contributed by atoms with van der Waals surface area (Å²) in [5, 5.41) is 3.13. The van der Waals surface area contributed by atoms with E-state index in [-0.39, 0.29) is 0 Å². The van der Waals surface area contributed by atoms with Crippen LogP contribution in [0.1, 0.15) is 17.1 Å². The van der Waals surface area contributed by atoms with E-state index in [1.54, 1.807) is 0 Å². The molecule has 3 nitrogen and oxygen atoms in total. The van der Waals surface area contributed by atoms with E-state index in [4.69, 9.17) is 0 Å². The van der Waals surface area contributed by atoms with Crippen LogP contribution in [0.3, 0.4) is 0 Å². The second-order valence-electron chi connectivity index (χ2n) is 3.60. The lowest BCUT2D eigenvalue weighted by Crippen LogP contribution is -2.05. The van der Waals surface area contributed by atoms with E-state index in [2.05, 4.69) is 40.0 Å². The number of pyridine rings is 1. The van der Waals surface area contributed by atoms with Crippen molar-refractivity contribution >= 4 is 5.52 Å². The highest BCUT2D eigenvalue weighted by Crippen LogP contribution is 2.14. The predicted octanol–water partition coefficient (Wildman–Crippen LogP) is 1.67. The van der Waals surface area contributed by atoms with Crippen LogP contribution >= 0.6 is 0 Å². The summed E-state index contributed by atoms with van der Waals surface area (Å²) in [6.07, 6.45) is 2.08. The number of nitrogens with one attached hydrogen (secondary N) is 1.